The summed E-state index contributed by atoms with van der Waals surface area (Å²) in [5.41, 5.74) is 5.61. The molecule has 5 amide bonds. The Morgan fingerprint density at radius 2 is 1.72 bits per heavy atom. The van der Waals surface area contributed by atoms with Crippen LogP contribution in [0.4, 0.5) is 10.5 Å². The first-order valence-electron chi connectivity index (χ1n) is 9.25. The van der Waals surface area contributed by atoms with Crippen LogP contribution in [0.25, 0.3) is 6.08 Å². The summed E-state index contributed by atoms with van der Waals surface area (Å²) in [4.78, 5) is 49.6. The third kappa shape index (κ3) is 5.17. The molecule has 0 atom stereocenters. The van der Waals surface area contributed by atoms with Gasteiger partial charge in [-0.2, -0.15) is 0 Å². The molecule has 0 saturated carbocycles. The molecule has 3 rings (SSSR count). The molecule has 11 heteroatoms. The first-order valence-corrected chi connectivity index (χ1v) is 10.8. The highest BCUT2D eigenvalue weighted by Crippen LogP contribution is 2.35. The van der Waals surface area contributed by atoms with E-state index in [4.69, 9.17) is 15.2 Å². The summed E-state index contributed by atoms with van der Waals surface area (Å²) in [6.45, 7) is 1.99. The lowest BCUT2D eigenvalue weighted by Crippen LogP contribution is -2.54. The number of carbonyl (C=O) groups excluding carboxylic acids is 4. The highest BCUT2D eigenvalue weighted by Gasteiger charge is 2.36. The molecule has 1 aliphatic heterocycles. The van der Waals surface area contributed by atoms with Gasteiger partial charge in [-0.05, 0) is 86.8 Å². The van der Waals surface area contributed by atoms with E-state index in [-0.39, 0.29) is 17.9 Å². The highest BCUT2D eigenvalue weighted by molar-refractivity contribution is 9.11. The van der Waals surface area contributed by atoms with Crippen molar-refractivity contribution in [3.63, 3.8) is 0 Å². The van der Waals surface area contributed by atoms with E-state index in [1.807, 2.05) is 6.92 Å². The number of primary amides is 1. The first kappa shape index (κ1) is 23.5. The molecule has 0 spiro atoms. The molecule has 2 aromatic rings. The summed E-state index contributed by atoms with van der Waals surface area (Å²) in [5.74, 6) is -1.32. The van der Waals surface area contributed by atoms with Crippen molar-refractivity contribution in [2.24, 2.45) is 5.73 Å². The van der Waals surface area contributed by atoms with E-state index in [0.29, 0.717) is 32.6 Å². The molecule has 1 aliphatic rings. The predicted molar refractivity (Wildman–Crippen MR) is 123 cm³/mol. The van der Waals surface area contributed by atoms with Crippen LogP contribution in [0, 0.1) is 0 Å². The van der Waals surface area contributed by atoms with Crippen molar-refractivity contribution in [3.05, 3.63) is 56.5 Å². The van der Waals surface area contributed by atoms with Gasteiger partial charge in [0.1, 0.15) is 17.1 Å². The third-order valence-corrected chi connectivity index (χ3v) is 5.38. The van der Waals surface area contributed by atoms with Crippen molar-refractivity contribution in [2.45, 2.75) is 6.92 Å². The number of halogens is 2. The van der Waals surface area contributed by atoms with Gasteiger partial charge in [0.05, 0.1) is 21.2 Å². The number of carbonyl (C=O) groups is 4. The number of anilines is 1. The van der Waals surface area contributed by atoms with Crippen molar-refractivity contribution >= 4 is 67.4 Å². The zero-order valence-electron chi connectivity index (χ0n) is 16.7. The van der Waals surface area contributed by atoms with Gasteiger partial charge in [-0.1, -0.05) is 0 Å². The number of nitrogens with one attached hydrogen (secondary N) is 1. The van der Waals surface area contributed by atoms with Gasteiger partial charge in [0.25, 0.3) is 17.7 Å². The minimum atomic E-state index is -0.848. The Morgan fingerprint density at radius 1 is 1.09 bits per heavy atom. The van der Waals surface area contributed by atoms with Gasteiger partial charge in [-0.3, -0.25) is 19.7 Å². The maximum Gasteiger partial charge on any atom is 0.335 e. The van der Waals surface area contributed by atoms with Crippen LogP contribution >= 0.6 is 31.9 Å². The molecule has 2 aromatic carbocycles. The average Bonchev–Trinajstić information content (AvgIpc) is 2.71. The van der Waals surface area contributed by atoms with Crippen LogP contribution in [0.15, 0.2) is 50.9 Å². The van der Waals surface area contributed by atoms with Gasteiger partial charge in [0, 0.05) is 0 Å². The number of hydrogen-bond acceptors (Lipinski definition) is 6. The van der Waals surface area contributed by atoms with E-state index in [2.05, 4.69) is 37.2 Å². The van der Waals surface area contributed by atoms with E-state index in [1.54, 1.807) is 36.4 Å². The lowest BCUT2D eigenvalue weighted by atomic mass is 10.1. The van der Waals surface area contributed by atoms with Crippen molar-refractivity contribution in [2.75, 3.05) is 18.1 Å². The number of benzene rings is 2. The number of urea groups is 1. The summed E-state index contributed by atoms with van der Waals surface area (Å²) in [6, 6.07) is 8.68. The zero-order chi connectivity index (χ0) is 23.4. The van der Waals surface area contributed by atoms with Crippen LogP contribution in [0.2, 0.25) is 0 Å². The van der Waals surface area contributed by atoms with Crippen molar-refractivity contribution in [1.82, 2.24) is 5.32 Å². The molecule has 0 radical (unpaired) electrons. The second kappa shape index (κ2) is 9.96. The molecular weight excluding hydrogens is 550 g/mol. The van der Waals surface area contributed by atoms with Gasteiger partial charge >= 0.3 is 6.03 Å². The predicted octanol–water partition coefficient (Wildman–Crippen LogP) is 3.14. The maximum atomic E-state index is 13.0. The quantitative estimate of drug-likeness (QED) is 0.391. The number of imide groups is 2. The normalized spacial score (nSPS) is 15.0. The second-order valence-corrected chi connectivity index (χ2v) is 8.16. The van der Waals surface area contributed by atoms with Crippen LogP contribution in [0.1, 0.15) is 12.5 Å². The summed E-state index contributed by atoms with van der Waals surface area (Å²) < 4.78 is 11.6. The van der Waals surface area contributed by atoms with Crippen molar-refractivity contribution in [1.29, 1.82) is 0 Å². The molecule has 1 saturated heterocycles. The molecule has 0 aromatic heterocycles. The topological polar surface area (TPSA) is 128 Å². The van der Waals surface area contributed by atoms with Gasteiger partial charge in [-0.15, -0.1) is 0 Å². The highest BCUT2D eigenvalue weighted by atomic mass is 79.9. The molecule has 0 bridgehead atoms. The maximum absolute atomic E-state index is 13.0. The van der Waals surface area contributed by atoms with Crippen molar-refractivity contribution in [3.8, 4) is 11.5 Å². The van der Waals surface area contributed by atoms with E-state index < -0.39 is 23.8 Å². The zero-order valence-corrected chi connectivity index (χ0v) is 19.9. The number of nitrogens with two attached hydrogens (primary N) is 1. The molecule has 0 aliphatic carbocycles. The second-order valence-electron chi connectivity index (χ2n) is 6.45. The Hall–Kier alpha value is -3.18. The Labute approximate surface area is 199 Å². The lowest BCUT2D eigenvalue weighted by Gasteiger charge is -2.26. The van der Waals surface area contributed by atoms with E-state index >= 15 is 0 Å². The number of hydrogen-bond donors (Lipinski definition) is 2. The fourth-order valence-corrected chi connectivity index (χ4v) is 4.31. The number of barbiturate groups is 1. The minimum Gasteiger partial charge on any atom is -0.494 e. The van der Waals surface area contributed by atoms with E-state index in [9.17, 15) is 19.2 Å². The number of ether oxygens (including phenoxy) is 2. The molecule has 1 heterocycles. The summed E-state index contributed by atoms with van der Waals surface area (Å²) in [6.07, 6.45) is 1.35. The first-order chi connectivity index (χ1) is 15.2. The Balaban J connectivity index is 1.93. The number of nitrogens with zero attached hydrogens (tertiary/aromatic N) is 1. The molecule has 9 nitrogen and oxygen atoms in total. The molecular formula is C21H17Br2N3O6. The lowest BCUT2D eigenvalue weighted by molar-refractivity contribution is -0.123. The minimum absolute atomic E-state index is 0.233. The van der Waals surface area contributed by atoms with Crippen molar-refractivity contribution < 1.29 is 28.7 Å². The Morgan fingerprint density at radius 3 is 2.28 bits per heavy atom. The monoisotopic (exact) mass is 565 g/mol. The summed E-state index contributed by atoms with van der Waals surface area (Å²) in [5, 5.41) is 2.17. The fraction of sp³-hybridized carbons (Fsp3) is 0.143. The van der Waals surface area contributed by atoms with Crippen LogP contribution in [-0.2, 0) is 14.4 Å². The van der Waals surface area contributed by atoms with Gasteiger partial charge in [0.2, 0.25) is 0 Å². The van der Waals surface area contributed by atoms with Crippen LogP contribution in [-0.4, -0.2) is 37.0 Å². The average molecular weight is 567 g/mol. The molecule has 32 heavy (non-hydrogen) atoms. The van der Waals surface area contributed by atoms with E-state index in [1.165, 1.54) is 6.08 Å². The third-order valence-electron chi connectivity index (χ3n) is 4.20. The molecule has 1 fully saturated rings. The number of amides is 5. The molecule has 0 unspecified atom stereocenters. The number of rotatable bonds is 7. The Kier molecular flexibility index (Phi) is 7.31. The summed E-state index contributed by atoms with van der Waals surface area (Å²) in [7, 11) is 0. The summed E-state index contributed by atoms with van der Waals surface area (Å²) >= 11 is 6.64. The van der Waals surface area contributed by atoms with Gasteiger partial charge in [0.15, 0.2) is 6.61 Å². The van der Waals surface area contributed by atoms with E-state index in [0.717, 1.165) is 4.90 Å². The van der Waals surface area contributed by atoms with Crippen LogP contribution in [0.3, 0.4) is 0 Å². The largest absolute Gasteiger partial charge is 0.494 e. The molecule has 166 valence electrons. The smallest absolute Gasteiger partial charge is 0.335 e. The van der Waals surface area contributed by atoms with Crippen LogP contribution in [0.5, 0.6) is 11.5 Å². The standard InChI is InChI=1S/C21H17Br2N3O6/c1-2-31-13-5-3-12(4-6-13)26-20(29)14(19(28)25-21(26)30)7-11-8-15(22)18(16(23)9-11)32-10-17(24)27/h3-9H,2,10H2,1H3,(H2,24,27)(H,25,28,30)/b14-7+. The van der Waals surface area contributed by atoms with Crippen LogP contribution < -0.4 is 25.4 Å². The Bertz CT molecular complexity index is 1110. The fourth-order valence-electron chi connectivity index (χ4n) is 2.86. The molecule has 3 N–H and O–H groups in total. The van der Waals surface area contributed by atoms with Gasteiger partial charge < -0.3 is 15.2 Å². The van der Waals surface area contributed by atoms with Gasteiger partial charge in [-0.25, -0.2) is 9.69 Å². The SMILES string of the molecule is CCOc1ccc(N2C(=O)NC(=O)/C(=C\c3cc(Br)c(OCC(N)=O)c(Br)c3)C2=O)cc1.